The van der Waals surface area contributed by atoms with E-state index in [1.165, 1.54) is 0 Å². The summed E-state index contributed by atoms with van der Waals surface area (Å²) in [4.78, 5) is 4.53. The molecular weight excluding hydrogens is 493 g/mol. The minimum absolute atomic E-state index is 0. The van der Waals surface area contributed by atoms with Gasteiger partial charge in [-0.05, 0) is 36.8 Å². The van der Waals surface area contributed by atoms with Gasteiger partial charge in [0.1, 0.15) is 11.5 Å². The lowest BCUT2D eigenvalue weighted by molar-refractivity contribution is 0.176. The van der Waals surface area contributed by atoms with E-state index in [2.05, 4.69) is 15.6 Å². The molecule has 0 heterocycles. The predicted octanol–water partition coefficient (Wildman–Crippen LogP) is 3.76. The van der Waals surface area contributed by atoms with E-state index in [9.17, 15) is 5.11 Å². The Morgan fingerprint density at radius 1 is 1.14 bits per heavy atom. The average molecular weight is 520 g/mol. The van der Waals surface area contributed by atoms with E-state index in [1.54, 1.807) is 32.4 Å². The molecule has 8 heteroatoms. The number of aliphatic imine (C=N–C) groups is 1. The molecule has 154 valence electrons. The number of ether oxygens (including phenoxy) is 2. The fourth-order valence-corrected chi connectivity index (χ4v) is 2.73. The highest BCUT2D eigenvalue weighted by molar-refractivity contribution is 14.0. The van der Waals surface area contributed by atoms with E-state index in [1.807, 2.05) is 31.2 Å². The zero-order valence-electron chi connectivity index (χ0n) is 16.2. The van der Waals surface area contributed by atoms with Gasteiger partial charge in [0.2, 0.25) is 0 Å². The van der Waals surface area contributed by atoms with Crippen LogP contribution in [0, 0.1) is 0 Å². The van der Waals surface area contributed by atoms with Crippen LogP contribution < -0.4 is 20.1 Å². The van der Waals surface area contributed by atoms with E-state index in [0.29, 0.717) is 41.1 Å². The second-order valence-corrected chi connectivity index (χ2v) is 6.20. The molecule has 1 unspecified atom stereocenters. The first kappa shape index (κ1) is 24.3. The quantitative estimate of drug-likeness (QED) is 0.281. The van der Waals surface area contributed by atoms with Gasteiger partial charge < -0.3 is 25.2 Å². The summed E-state index contributed by atoms with van der Waals surface area (Å²) in [5.41, 5.74) is 1.58. The van der Waals surface area contributed by atoms with Crippen molar-refractivity contribution >= 4 is 41.5 Å². The number of nitrogens with one attached hydrogen (secondary N) is 2. The van der Waals surface area contributed by atoms with E-state index in [0.717, 1.165) is 5.56 Å². The normalized spacial score (nSPS) is 12.0. The van der Waals surface area contributed by atoms with Crippen LogP contribution in [0.4, 0.5) is 0 Å². The number of nitrogens with zero attached hydrogens (tertiary/aromatic N) is 1. The summed E-state index contributed by atoms with van der Waals surface area (Å²) >= 11 is 6.18. The maximum Gasteiger partial charge on any atom is 0.191 e. The largest absolute Gasteiger partial charge is 0.497 e. The van der Waals surface area contributed by atoms with Crippen molar-refractivity contribution in [2.24, 2.45) is 4.99 Å². The van der Waals surface area contributed by atoms with Crippen LogP contribution in [0.5, 0.6) is 11.5 Å². The molecule has 0 aromatic heterocycles. The van der Waals surface area contributed by atoms with Gasteiger partial charge in [-0.25, -0.2) is 4.99 Å². The Morgan fingerprint density at radius 3 is 2.54 bits per heavy atom. The van der Waals surface area contributed by atoms with Gasteiger partial charge in [-0.3, -0.25) is 0 Å². The molecule has 0 aliphatic carbocycles. The first-order valence-electron chi connectivity index (χ1n) is 8.74. The van der Waals surface area contributed by atoms with Gasteiger partial charge in [-0.2, -0.15) is 0 Å². The molecule has 1 atom stereocenters. The van der Waals surface area contributed by atoms with Crippen molar-refractivity contribution in [3.8, 4) is 11.5 Å². The van der Waals surface area contributed by atoms with Gasteiger partial charge >= 0.3 is 0 Å². The second kappa shape index (κ2) is 12.7. The summed E-state index contributed by atoms with van der Waals surface area (Å²) in [6.45, 7) is 3.38. The van der Waals surface area contributed by atoms with Crippen LogP contribution >= 0.6 is 35.6 Å². The topological polar surface area (TPSA) is 75.1 Å². The molecule has 0 aliphatic rings. The Balaban J connectivity index is 0.00000392. The lowest BCUT2D eigenvalue weighted by Gasteiger charge is -2.18. The fraction of sp³-hybridized carbons (Fsp3) is 0.350. The molecule has 0 radical (unpaired) electrons. The van der Waals surface area contributed by atoms with Gasteiger partial charge in [-0.15, -0.1) is 24.0 Å². The molecule has 2 aromatic rings. The number of benzene rings is 2. The average Bonchev–Trinajstić information content (AvgIpc) is 2.70. The van der Waals surface area contributed by atoms with Crippen LogP contribution in [-0.2, 0) is 6.54 Å². The smallest absolute Gasteiger partial charge is 0.191 e. The minimum Gasteiger partial charge on any atom is -0.497 e. The van der Waals surface area contributed by atoms with Crippen molar-refractivity contribution in [2.75, 3.05) is 27.3 Å². The molecule has 0 fully saturated rings. The first-order chi connectivity index (χ1) is 13.1. The van der Waals surface area contributed by atoms with E-state index in [4.69, 9.17) is 21.1 Å². The number of halogens is 2. The lowest BCUT2D eigenvalue weighted by Crippen LogP contribution is -2.39. The van der Waals surface area contributed by atoms with Crippen molar-refractivity contribution in [1.82, 2.24) is 10.6 Å². The van der Waals surface area contributed by atoms with Crippen LogP contribution in [0.25, 0.3) is 0 Å². The monoisotopic (exact) mass is 519 g/mol. The SMILES string of the molecule is CCNC(=NCc1ccccc1Cl)NCC(O)c1cc(OC)ccc1OC.I. The summed E-state index contributed by atoms with van der Waals surface area (Å²) in [5, 5.41) is 17.6. The number of methoxy groups -OCH3 is 2. The maximum atomic E-state index is 10.6. The summed E-state index contributed by atoms with van der Waals surface area (Å²) in [7, 11) is 3.15. The van der Waals surface area contributed by atoms with Gasteiger partial charge in [0.15, 0.2) is 5.96 Å². The number of hydrogen-bond acceptors (Lipinski definition) is 4. The van der Waals surface area contributed by atoms with Gasteiger partial charge in [0, 0.05) is 23.7 Å². The molecule has 0 aliphatic heterocycles. The summed E-state index contributed by atoms with van der Waals surface area (Å²) in [5.74, 6) is 1.85. The third-order valence-corrected chi connectivity index (χ3v) is 4.34. The Labute approximate surface area is 188 Å². The van der Waals surface area contributed by atoms with Crippen LogP contribution in [0.2, 0.25) is 5.02 Å². The highest BCUT2D eigenvalue weighted by Crippen LogP contribution is 2.29. The lowest BCUT2D eigenvalue weighted by atomic mass is 10.1. The van der Waals surface area contributed by atoms with Crippen LogP contribution in [0.15, 0.2) is 47.5 Å². The Kier molecular flexibility index (Phi) is 11.0. The molecule has 0 spiro atoms. The summed E-state index contributed by atoms with van der Waals surface area (Å²) in [6.07, 6.45) is -0.792. The highest BCUT2D eigenvalue weighted by atomic mass is 127. The molecule has 0 saturated heterocycles. The van der Waals surface area contributed by atoms with E-state index < -0.39 is 6.10 Å². The van der Waals surface area contributed by atoms with Crippen molar-refractivity contribution < 1.29 is 14.6 Å². The minimum atomic E-state index is -0.792. The van der Waals surface area contributed by atoms with Crippen LogP contribution in [0.3, 0.4) is 0 Å². The van der Waals surface area contributed by atoms with E-state index in [-0.39, 0.29) is 30.5 Å². The van der Waals surface area contributed by atoms with Crippen molar-refractivity contribution in [2.45, 2.75) is 19.6 Å². The Hall–Kier alpha value is -1.71. The molecule has 2 aromatic carbocycles. The third kappa shape index (κ3) is 7.03. The van der Waals surface area contributed by atoms with Crippen LogP contribution in [0.1, 0.15) is 24.2 Å². The maximum absolute atomic E-state index is 10.6. The Bertz CT molecular complexity index is 774. The number of hydrogen-bond donors (Lipinski definition) is 3. The molecule has 0 bridgehead atoms. The molecule has 0 amide bonds. The zero-order valence-corrected chi connectivity index (χ0v) is 19.3. The van der Waals surface area contributed by atoms with Crippen molar-refractivity contribution in [3.05, 3.63) is 58.6 Å². The number of guanidine groups is 1. The standard InChI is InChI=1S/C20H26ClN3O3.HI/c1-4-22-20(23-12-14-7-5-6-8-17(14)21)24-13-18(25)16-11-15(26-2)9-10-19(16)27-3;/h5-11,18,25H,4,12-13H2,1-3H3,(H2,22,23,24);1H. The first-order valence-corrected chi connectivity index (χ1v) is 9.12. The summed E-state index contributed by atoms with van der Waals surface area (Å²) < 4.78 is 10.6. The molecule has 3 N–H and O–H groups in total. The van der Waals surface area contributed by atoms with E-state index >= 15 is 0 Å². The fourth-order valence-electron chi connectivity index (χ4n) is 2.54. The number of aliphatic hydroxyl groups is 1. The molecule has 0 saturated carbocycles. The molecule has 2 rings (SSSR count). The molecule has 6 nitrogen and oxygen atoms in total. The van der Waals surface area contributed by atoms with Gasteiger partial charge in [0.05, 0.1) is 26.9 Å². The molecule has 28 heavy (non-hydrogen) atoms. The Morgan fingerprint density at radius 2 is 1.89 bits per heavy atom. The highest BCUT2D eigenvalue weighted by Gasteiger charge is 2.15. The predicted molar refractivity (Wildman–Crippen MR) is 124 cm³/mol. The van der Waals surface area contributed by atoms with Gasteiger partial charge in [-0.1, -0.05) is 29.8 Å². The molecular formula is C20H27ClIN3O3. The third-order valence-electron chi connectivity index (χ3n) is 3.97. The van der Waals surface area contributed by atoms with Crippen LogP contribution in [-0.4, -0.2) is 38.4 Å². The van der Waals surface area contributed by atoms with Crippen molar-refractivity contribution in [1.29, 1.82) is 0 Å². The van der Waals surface area contributed by atoms with Gasteiger partial charge in [0.25, 0.3) is 0 Å². The van der Waals surface area contributed by atoms with Crippen molar-refractivity contribution in [3.63, 3.8) is 0 Å². The summed E-state index contributed by atoms with van der Waals surface area (Å²) in [6, 6.07) is 12.9. The zero-order chi connectivity index (χ0) is 19.6. The number of aliphatic hydroxyl groups excluding tert-OH is 1. The number of rotatable bonds is 8. The second-order valence-electron chi connectivity index (χ2n) is 5.79.